The molecule has 3 atom stereocenters. The van der Waals surface area contributed by atoms with Crippen molar-refractivity contribution in [2.24, 2.45) is 5.92 Å². The lowest BCUT2D eigenvalue weighted by Gasteiger charge is -2.40. The van der Waals surface area contributed by atoms with Crippen molar-refractivity contribution in [1.82, 2.24) is 10.6 Å². The quantitative estimate of drug-likeness (QED) is 0.758. The van der Waals surface area contributed by atoms with Gasteiger partial charge in [0.15, 0.2) is 8.32 Å². The highest BCUT2D eigenvalue weighted by atomic mass is 28.4. The molecule has 2 N–H and O–H groups in total. The molecule has 0 spiro atoms. The van der Waals surface area contributed by atoms with Crippen LogP contribution in [-0.2, 0) is 4.43 Å². The molecule has 0 bridgehead atoms. The van der Waals surface area contributed by atoms with Crippen molar-refractivity contribution in [2.75, 3.05) is 20.1 Å². The number of benzene rings is 1. The zero-order valence-electron chi connectivity index (χ0n) is 16.5. The predicted octanol–water partition coefficient (Wildman–Crippen LogP) is 3.82. The van der Waals surface area contributed by atoms with Crippen molar-refractivity contribution in [2.45, 2.75) is 57.5 Å². The van der Waals surface area contributed by atoms with Gasteiger partial charge in [0.05, 0.1) is 17.7 Å². The Morgan fingerprint density at radius 2 is 2.08 bits per heavy atom. The Morgan fingerprint density at radius 1 is 1.36 bits per heavy atom. The molecule has 138 valence electrons. The third-order valence-electron chi connectivity index (χ3n) is 5.84. The van der Waals surface area contributed by atoms with Crippen LogP contribution in [0.5, 0.6) is 0 Å². The molecule has 1 aromatic carbocycles. The molecule has 0 saturated carbocycles. The normalized spacial score (nSPS) is 22.6. The van der Waals surface area contributed by atoms with Gasteiger partial charge in [-0.2, -0.15) is 5.26 Å². The van der Waals surface area contributed by atoms with Crippen LogP contribution in [0.3, 0.4) is 0 Å². The molecule has 2 rings (SSSR count). The topological polar surface area (TPSA) is 57.1 Å². The summed E-state index contributed by atoms with van der Waals surface area (Å²) in [7, 11) is 0.225. The number of nitrogens with zero attached hydrogens (tertiary/aromatic N) is 1. The third-order valence-corrected chi connectivity index (χ3v) is 10.3. The van der Waals surface area contributed by atoms with Crippen LogP contribution in [0.4, 0.5) is 0 Å². The van der Waals surface area contributed by atoms with Crippen LogP contribution in [0.2, 0.25) is 18.1 Å². The van der Waals surface area contributed by atoms with Gasteiger partial charge >= 0.3 is 0 Å². The Balaban J connectivity index is 2.10. The summed E-state index contributed by atoms with van der Waals surface area (Å²) in [6.07, 6.45) is 1.29. The summed E-state index contributed by atoms with van der Waals surface area (Å²) in [5.41, 5.74) is 1.90. The lowest BCUT2D eigenvalue weighted by atomic mass is 9.92. The van der Waals surface area contributed by atoms with Crippen molar-refractivity contribution >= 4 is 8.32 Å². The van der Waals surface area contributed by atoms with Crippen LogP contribution in [-0.4, -0.2) is 34.6 Å². The maximum absolute atomic E-state index is 9.15. The van der Waals surface area contributed by atoms with Crippen molar-refractivity contribution in [3.05, 3.63) is 35.4 Å². The second-order valence-electron chi connectivity index (χ2n) is 8.65. The Bertz CT molecular complexity index is 618. The zero-order valence-corrected chi connectivity index (χ0v) is 17.5. The molecule has 5 heteroatoms. The fourth-order valence-corrected chi connectivity index (χ4v) is 4.57. The molecule has 1 aromatic rings. The highest BCUT2D eigenvalue weighted by molar-refractivity contribution is 6.74. The molecule has 25 heavy (non-hydrogen) atoms. The van der Waals surface area contributed by atoms with E-state index in [0.717, 1.165) is 25.1 Å². The number of hydrogen-bond donors (Lipinski definition) is 2. The third kappa shape index (κ3) is 4.92. The number of rotatable bonds is 6. The monoisotopic (exact) mass is 359 g/mol. The highest BCUT2D eigenvalue weighted by Crippen LogP contribution is 2.39. The largest absolute Gasteiger partial charge is 0.412 e. The minimum Gasteiger partial charge on any atom is -0.412 e. The molecule has 1 saturated heterocycles. The van der Waals surface area contributed by atoms with Crippen LogP contribution < -0.4 is 10.6 Å². The van der Waals surface area contributed by atoms with Crippen LogP contribution in [0.1, 0.15) is 44.4 Å². The van der Waals surface area contributed by atoms with Gasteiger partial charge in [-0.1, -0.05) is 32.9 Å². The van der Waals surface area contributed by atoms with Crippen molar-refractivity contribution in [1.29, 1.82) is 5.26 Å². The first kappa shape index (κ1) is 20.1. The van der Waals surface area contributed by atoms with E-state index in [1.165, 1.54) is 5.56 Å². The molecule has 0 aliphatic carbocycles. The average molecular weight is 360 g/mol. The molecular weight excluding hydrogens is 326 g/mol. The molecule has 1 heterocycles. The molecule has 0 aromatic heterocycles. The van der Waals surface area contributed by atoms with E-state index in [4.69, 9.17) is 9.69 Å². The summed E-state index contributed by atoms with van der Waals surface area (Å²) in [6.45, 7) is 13.5. The Hall–Kier alpha value is -1.19. The van der Waals surface area contributed by atoms with Gasteiger partial charge in [-0.05, 0) is 55.2 Å². The SMILES string of the molecule is CNC(CC1CNCC1O[Si](C)(C)C(C)(C)C)c1cccc(C#N)c1. The van der Waals surface area contributed by atoms with E-state index < -0.39 is 8.32 Å². The molecular formula is C20H33N3OSi. The van der Waals surface area contributed by atoms with Gasteiger partial charge in [-0.25, -0.2) is 0 Å². The predicted molar refractivity (Wildman–Crippen MR) is 106 cm³/mol. The molecule has 1 aliphatic heterocycles. The van der Waals surface area contributed by atoms with Gasteiger partial charge in [-0.15, -0.1) is 0 Å². The van der Waals surface area contributed by atoms with E-state index >= 15 is 0 Å². The lowest BCUT2D eigenvalue weighted by Crippen LogP contribution is -2.46. The highest BCUT2D eigenvalue weighted by Gasteiger charge is 2.42. The first-order chi connectivity index (χ1) is 11.7. The molecule has 1 aliphatic rings. The van der Waals surface area contributed by atoms with E-state index in [2.05, 4.69) is 56.6 Å². The lowest BCUT2D eigenvalue weighted by molar-refractivity contribution is 0.143. The molecule has 0 radical (unpaired) electrons. The van der Waals surface area contributed by atoms with Gasteiger partial charge in [0.25, 0.3) is 0 Å². The Kier molecular flexibility index (Phi) is 6.44. The van der Waals surface area contributed by atoms with E-state index in [0.29, 0.717) is 5.92 Å². The Morgan fingerprint density at radius 3 is 2.68 bits per heavy atom. The second kappa shape index (κ2) is 8.01. The minimum atomic E-state index is -1.77. The average Bonchev–Trinajstić information content (AvgIpc) is 2.97. The number of hydrogen-bond acceptors (Lipinski definition) is 4. The van der Waals surface area contributed by atoms with Gasteiger partial charge < -0.3 is 15.1 Å². The number of nitriles is 1. The molecule has 1 fully saturated rings. The summed E-state index contributed by atoms with van der Waals surface area (Å²) in [6, 6.07) is 10.4. The van der Waals surface area contributed by atoms with E-state index in [9.17, 15) is 0 Å². The summed E-state index contributed by atoms with van der Waals surface area (Å²) in [5.74, 6) is 0.484. The zero-order chi connectivity index (χ0) is 18.7. The van der Waals surface area contributed by atoms with Crippen molar-refractivity contribution in [3.8, 4) is 6.07 Å². The van der Waals surface area contributed by atoms with E-state index in [1.807, 2.05) is 25.2 Å². The fourth-order valence-electron chi connectivity index (χ4n) is 3.19. The first-order valence-corrected chi connectivity index (χ1v) is 12.1. The van der Waals surface area contributed by atoms with Crippen LogP contribution >= 0.6 is 0 Å². The van der Waals surface area contributed by atoms with Gasteiger partial charge in [0.2, 0.25) is 0 Å². The molecule has 3 unspecified atom stereocenters. The van der Waals surface area contributed by atoms with Crippen molar-refractivity contribution in [3.63, 3.8) is 0 Å². The standard InChI is InChI=1S/C20H33N3OSi/c1-20(2,3)25(5,6)24-19-14-23-13-17(19)11-18(22-4)16-9-7-8-15(10-16)12-21/h7-10,17-19,22-23H,11,13-14H2,1-6H3. The van der Waals surface area contributed by atoms with Crippen molar-refractivity contribution < 1.29 is 4.43 Å². The maximum atomic E-state index is 9.15. The van der Waals surface area contributed by atoms with E-state index in [1.54, 1.807) is 0 Å². The summed E-state index contributed by atoms with van der Waals surface area (Å²) in [4.78, 5) is 0. The first-order valence-electron chi connectivity index (χ1n) is 9.24. The Labute approximate surface area is 154 Å². The summed E-state index contributed by atoms with van der Waals surface area (Å²) < 4.78 is 6.70. The van der Waals surface area contributed by atoms with Crippen LogP contribution in [0, 0.1) is 17.2 Å². The summed E-state index contributed by atoms with van der Waals surface area (Å²) >= 11 is 0. The molecule has 0 amide bonds. The fraction of sp³-hybridized carbons (Fsp3) is 0.650. The van der Waals surface area contributed by atoms with Gasteiger partial charge in [0.1, 0.15) is 0 Å². The van der Waals surface area contributed by atoms with Crippen LogP contribution in [0.25, 0.3) is 0 Å². The van der Waals surface area contributed by atoms with Crippen LogP contribution in [0.15, 0.2) is 24.3 Å². The number of nitrogens with one attached hydrogen (secondary N) is 2. The minimum absolute atomic E-state index is 0.226. The maximum Gasteiger partial charge on any atom is 0.192 e. The van der Waals surface area contributed by atoms with Gasteiger partial charge in [-0.3, -0.25) is 0 Å². The smallest absolute Gasteiger partial charge is 0.192 e. The summed E-state index contributed by atoms with van der Waals surface area (Å²) in [5, 5.41) is 16.3. The van der Waals surface area contributed by atoms with E-state index in [-0.39, 0.29) is 17.2 Å². The van der Waals surface area contributed by atoms with Gasteiger partial charge in [0, 0.05) is 19.1 Å². The molecule has 4 nitrogen and oxygen atoms in total. The second-order valence-corrected chi connectivity index (χ2v) is 13.4.